The van der Waals surface area contributed by atoms with Crippen molar-refractivity contribution in [3.05, 3.63) is 176 Å². The zero-order valence-corrected chi connectivity index (χ0v) is 30.6. The van der Waals surface area contributed by atoms with Gasteiger partial charge in [-0.15, -0.1) is 11.3 Å². The first-order valence-corrected chi connectivity index (χ1v) is 19.2. The highest BCUT2D eigenvalue weighted by molar-refractivity contribution is 7.26. The number of hydrogen-bond acceptors (Lipinski definition) is 7. The maximum atomic E-state index is 6.65. The Bertz CT molecular complexity index is 3190. The van der Waals surface area contributed by atoms with E-state index >= 15 is 0 Å². The number of hydrogen-bond donors (Lipinski definition) is 0. The third kappa shape index (κ3) is 5.44. The Morgan fingerprint density at radius 3 is 1.59 bits per heavy atom. The van der Waals surface area contributed by atoms with Crippen LogP contribution in [0.3, 0.4) is 0 Å². The summed E-state index contributed by atoms with van der Waals surface area (Å²) in [4.78, 5) is 25.9. The van der Waals surface area contributed by atoms with Crippen molar-refractivity contribution in [2.24, 2.45) is 0 Å². The van der Waals surface area contributed by atoms with Gasteiger partial charge >= 0.3 is 0 Å². The minimum atomic E-state index is 0.564. The Hall–Kier alpha value is -7.35. The summed E-state index contributed by atoms with van der Waals surface area (Å²) < 4.78 is 8.82. The fourth-order valence-electron chi connectivity index (χ4n) is 7.55. The standard InChI is InChI=1S/C49H29N5OS/c1-4-15-30(16-5-1)33-21-12-22-34(29-33)48-50-43-35-23-10-11-28-40(35)56-45(43)44(51-48)36-24-13-26-38-41(36)42-37(25-14-27-39(42)55-38)49-53-46(31-17-6-2-7-18-31)52-47(54-49)32-19-8-3-9-20-32/h1-29H. The summed E-state index contributed by atoms with van der Waals surface area (Å²) in [6, 6.07) is 59.7. The van der Waals surface area contributed by atoms with Crippen LogP contribution >= 0.6 is 11.3 Å². The van der Waals surface area contributed by atoms with Crippen molar-refractivity contribution in [1.82, 2.24) is 24.9 Å². The van der Waals surface area contributed by atoms with Gasteiger partial charge in [-0.2, -0.15) is 0 Å². The lowest BCUT2D eigenvalue weighted by molar-refractivity contribution is 0.669. The van der Waals surface area contributed by atoms with Crippen molar-refractivity contribution in [1.29, 1.82) is 0 Å². The molecule has 262 valence electrons. The molecular formula is C49H29N5OS. The lowest BCUT2D eigenvalue weighted by Crippen LogP contribution is -2.00. The SMILES string of the molecule is c1ccc(-c2cccc(-c3nc(-c4cccc5oc6cccc(-c7nc(-c8ccccc8)nc(-c8ccccc8)n7)c6c45)c4sc5ccccc5c4n3)c2)cc1. The Kier molecular flexibility index (Phi) is 7.57. The number of rotatable bonds is 6. The molecule has 0 atom stereocenters. The summed E-state index contributed by atoms with van der Waals surface area (Å²) in [5, 5.41) is 2.97. The normalized spacial score (nSPS) is 11.6. The highest BCUT2D eigenvalue weighted by Crippen LogP contribution is 2.45. The second-order valence-corrected chi connectivity index (χ2v) is 14.7. The van der Waals surface area contributed by atoms with Crippen LogP contribution in [-0.4, -0.2) is 24.9 Å². The van der Waals surface area contributed by atoms with Crippen LogP contribution in [0.5, 0.6) is 0 Å². The lowest BCUT2D eigenvalue weighted by Gasteiger charge is -2.11. The molecule has 7 heteroatoms. The maximum Gasteiger partial charge on any atom is 0.164 e. The van der Waals surface area contributed by atoms with E-state index in [-0.39, 0.29) is 0 Å². The molecule has 11 rings (SSSR count). The predicted molar refractivity (Wildman–Crippen MR) is 228 cm³/mol. The molecule has 0 fully saturated rings. The topological polar surface area (TPSA) is 77.6 Å². The number of thiophene rings is 1. The average Bonchev–Trinajstić information content (AvgIpc) is 3.86. The van der Waals surface area contributed by atoms with Gasteiger partial charge in [0, 0.05) is 48.7 Å². The van der Waals surface area contributed by atoms with E-state index in [2.05, 4.69) is 84.9 Å². The Labute approximate surface area is 325 Å². The number of furan rings is 1. The van der Waals surface area contributed by atoms with Crippen molar-refractivity contribution in [3.63, 3.8) is 0 Å². The van der Waals surface area contributed by atoms with E-state index in [0.717, 1.165) is 86.9 Å². The van der Waals surface area contributed by atoms with E-state index in [9.17, 15) is 0 Å². The van der Waals surface area contributed by atoms with Gasteiger partial charge in [-0.1, -0.05) is 152 Å². The summed E-state index contributed by atoms with van der Waals surface area (Å²) in [7, 11) is 0. The van der Waals surface area contributed by atoms with Crippen LogP contribution in [0, 0.1) is 0 Å². The first-order chi connectivity index (χ1) is 27.7. The summed E-state index contributed by atoms with van der Waals surface area (Å²) in [5.74, 6) is 2.43. The van der Waals surface area contributed by atoms with E-state index in [0.29, 0.717) is 23.3 Å². The van der Waals surface area contributed by atoms with Gasteiger partial charge in [0.1, 0.15) is 11.2 Å². The molecule has 56 heavy (non-hydrogen) atoms. The molecule has 0 N–H and O–H groups in total. The van der Waals surface area contributed by atoms with Crippen LogP contribution in [-0.2, 0) is 0 Å². The van der Waals surface area contributed by atoms with Crippen LogP contribution in [0.2, 0.25) is 0 Å². The van der Waals surface area contributed by atoms with Crippen molar-refractivity contribution in [2.75, 3.05) is 0 Å². The Morgan fingerprint density at radius 2 is 0.893 bits per heavy atom. The number of nitrogens with zero attached hydrogens (tertiary/aromatic N) is 5. The number of fused-ring (bicyclic) bond motifs is 6. The average molecular weight is 736 g/mol. The molecule has 0 radical (unpaired) electrons. The van der Waals surface area contributed by atoms with Crippen molar-refractivity contribution in [3.8, 4) is 67.9 Å². The van der Waals surface area contributed by atoms with Crippen LogP contribution in [0.1, 0.15) is 0 Å². The van der Waals surface area contributed by atoms with Gasteiger partial charge in [-0.3, -0.25) is 0 Å². The molecule has 11 aromatic rings. The van der Waals surface area contributed by atoms with Gasteiger partial charge < -0.3 is 4.42 Å². The van der Waals surface area contributed by atoms with Crippen molar-refractivity contribution < 1.29 is 4.42 Å². The van der Waals surface area contributed by atoms with Crippen LogP contribution in [0.15, 0.2) is 180 Å². The van der Waals surface area contributed by atoms with Crippen molar-refractivity contribution >= 4 is 53.6 Å². The zero-order chi connectivity index (χ0) is 37.0. The summed E-state index contributed by atoms with van der Waals surface area (Å²) in [5.41, 5.74) is 10.1. The highest BCUT2D eigenvalue weighted by atomic mass is 32.1. The Morgan fingerprint density at radius 1 is 0.375 bits per heavy atom. The largest absolute Gasteiger partial charge is 0.456 e. The lowest BCUT2D eigenvalue weighted by atomic mass is 9.99. The fourth-order valence-corrected chi connectivity index (χ4v) is 8.70. The van der Waals surface area contributed by atoms with Gasteiger partial charge in [0.2, 0.25) is 0 Å². The molecule has 0 saturated carbocycles. The molecule has 0 amide bonds. The fraction of sp³-hybridized carbons (Fsp3) is 0. The molecule has 7 aromatic carbocycles. The predicted octanol–water partition coefficient (Wildman–Crippen LogP) is 12.9. The van der Waals surface area contributed by atoms with E-state index in [1.165, 1.54) is 0 Å². The van der Waals surface area contributed by atoms with Gasteiger partial charge in [0.05, 0.1) is 15.9 Å². The molecule has 0 saturated heterocycles. The van der Waals surface area contributed by atoms with Crippen LogP contribution in [0.4, 0.5) is 0 Å². The van der Waals surface area contributed by atoms with Crippen LogP contribution < -0.4 is 0 Å². The van der Waals surface area contributed by atoms with Crippen LogP contribution in [0.25, 0.3) is 110 Å². The molecule has 0 unspecified atom stereocenters. The quantitative estimate of drug-likeness (QED) is 0.169. The van der Waals surface area contributed by atoms with Gasteiger partial charge in [0.25, 0.3) is 0 Å². The minimum absolute atomic E-state index is 0.564. The molecule has 4 aromatic heterocycles. The van der Waals surface area contributed by atoms with Gasteiger partial charge in [-0.05, 0) is 35.4 Å². The maximum absolute atomic E-state index is 6.65. The molecular weight excluding hydrogens is 707 g/mol. The third-order valence-corrected chi connectivity index (χ3v) is 11.3. The van der Waals surface area contributed by atoms with Gasteiger partial charge in [-0.25, -0.2) is 24.9 Å². The van der Waals surface area contributed by atoms with E-state index < -0.39 is 0 Å². The molecule has 0 aliphatic carbocycles. The summed E-state index contributed by atoms with van der Waals surface area (Å²) >= 11 is 1.71. The molecule has 0 bridgehead atoms. The summed E-state index contributed by atoms with van der Waals surface area (Å²) in [6.07, 6.45) is 0. The second kappa shape index (κ2) is 13.2. The molecule has 6 nitrogen and oxygen atoms in total. The first kappa shape index (κ1) is 32.1. The minimum Gasteiger partial charge on any atom is -0.456 e. The summed E-state index contributed by atoms with van der Waals surface area (Å²) in [6.45, 7) is 0. The first-order valence-electron chi connectivity index (χ1n) is 18.4. The number of benzene rings is 7. The van der Waals surface area contributed by atoms with E-state index in [4.69, 9.17) is 29.3 Å². The van der Waals surface area contributed by atoms with E-state index in [1.807, 2.05) is 91.0 Å². The Balaban J connectivity index is 1.18. The van der Waals surface area contributed by atoms with E-state index in [1.54, 1.807) is 11.3 Å². The zero-order valence-electron chi connectivity index (χ0n) is 29.8. The number of aromatic nitrogens is 5. The highest BCUT2D eigenvalue weighted by Gasteiger charge is 2.23. The molecule has 4 heterocycles. The third-order valence-electron chi connectivity index (χ3n) is 10.2. The molecule has 0 aliphatic rings. The monoisotopic (exact) mass is 735 g/mol. The van der Waals surface area contributed by atoms with Crippen molar-refractivity contribution in [2.45, 2.75) is 0 Å². The molecule has 0 aliphatic heterocycles. The molecule has 0 spiro atoms. The second-order valence-electron chi connectivity index (χ2n) is 13.6. The van der Waals surface area contributed by atoms with Gasteiger partial charge in [0.15, 0.2) is 23.3 Å². The smallest absolute Gasteiger partial charge is 0.164 e.